The first kappa shape index (κ1) is 9.92. The Labute approximate surface area is 64.0 Å². The second kappa shape index (κ2) is 4.69. The third-order valence-electron chi connectivity index (χ3n) is 1.70. The van der Waals surface area contributed by atoms with Crippen molar-refractivity contribution in [3.05, 3.63) is 0 Å². The van der Waals surface area contributed by atoms with Crippen molar-refractivity contribution in [1.29, 1.82) is 0 Å². The van der Waals surface area contributed by atoms with Crippen molar-refractivity contribution >= 4 is 0 Å². The summed E-state index contributed by atoms with van der Waals surface area (Å²) in [6.45, 7) is 8.10. The second-order valence-electron chi connectivity index (χ2n) is 3.36. The Morgan fingerprint density at radius 1 is 1.40 bits per heavy atom. The maximum Gasteiger partial charge on any atom is 0.0963 e. The summed E-state index contributed by atoms with van der Waals surface area (Å²) in [6.07, 6.45) is 1.16. The second-order valence-corrected chi connectivity index (χ2v) is 3.36. The van der Waals surface area contributed by atoms with E-state index in [9.17, 15) is 0 Å². The van der Waals surface area contributed by atoms with E-state index in [0.29, 0.717) is 12.1 Å². The van der Waals surface area contributed by atoms with E-state index in [1.807, 2.05) is 7.05 Å². The smallest absolute Gasteiger partial charge is 0.0963 e. The minimum absolute atomic E-state index is 0.330. The van der Waals surface area contributed by atoms with Gasteiger partial charge in [-0.3, -0.25) is 5.32 Å². The van der Waals surface area contributed by atoms with Crippen LogP contribution >= 0.6 is 0 Å². The zero-order chi connectivity index (χ0) is 8.04. The van der Waals surface area contributed by atoms with Crippen LogP contribution in [-0.2, 0) is 4.74 Å². The molecule has 10 heavy (non-hydrogen) atoms. The van der Waals surface area contributed by atoms with Gasteiger partial charge in [-0.15, -0.1) is 0 Å². The van der Waals surface area contributed by atoms with Crippen molar-refractivity contribution in [2.75, 3.05) is 20.4 Å². The molecule has 1 N–H and O–H groups in total. The quantitative estimate of drug-likeness (QED) is 0.469. The zero-order valence-electron chi connectivity index (χ0n) is 7.53. The van der Waals surface area contributed by atoms with Crippen LogP contribution < -0.4 is 5.32 Å². The van der Waals surface area contributed by atoms with Crippen LogP contribution in [0.5, 0.6) is 0 Å². The molecule has 0 aromatic heterocycles. The molecule has 0 saturated heterocycles. The fourth-order valence-electron chi connectivity index (χ4n) is 0.531. The molecular formula is C8H19NO. The molecule has 0 rings (SSSR count). The summed E-state index contributed by atoms with van der Waals surface area (Å²) in [4.78, 5) is 0. The van der Waals surface area contributed by atoms with Crippen LogP contribution in [0, 0.1) is 5.41 Å². The van der Waals surface area contributed by atoms with Crippen LogP contribution in [0.4, 0.5) is 0 Å². The van der Waals surface area contributed by atoms with Crippen molar-refractivity contribution in [3.63, 3.8) is 0 Å². The largest absolute Gasteiger partial charge is 0.366 e. The molecule has 0 bridgehead atoms. The van der Waals surface area contributed by atoms with E-state index in [0.717, 1.165) is 13.0 Å². The highest BCUT2D eigenvalue weighted by Crippen LogP contribution is 2.18. The average molecular weight is 145 g/mol. The normalized spacial score (nSPS) is 12.0. The lowest BCUT2D eigenvalue weighted by Crippen LogP contribution is -2.22. The molecule has 62 valence electrons. The van der Waals surface area contributed by atoms with Crippen molar-refractivity contribution in [1.82, 2.24) is 5.32 Å². The fourth-order valence-corrected chi connectivity index (χ4v) is 0.531. The van der Waals surface area contributed by atoms with Gasteiger partial charge in [0.15, 0.2) is 0 Å². The minimum atomic E-state index is 0.330. The van der Waals surface area contributed by atoms with E-state index >= 15 is 0 Å². The third kappa shape index (κ3) is 4.77. The van der Waals surface area contributed by atoms with Gasteiger partial charge in [0.25, 0.3) is 0 Å². The van der Waals surface area contributed by atoms with Gasteiger partial charge in [-0.1, -0.05) is 20.8 Å². The summed E-state index contributed by atoms with van der Waals surface area (Å²) < 4.78 is 5.33. The zero-order valence-corrected chi connectivity index (χ0v) is 7.53. The predicted octanol–water partition coefficient (Wildman–Crippen LogP) is 1.62. The fraction of sp³-hybridized carbons (Fsp3) is 1.00. The molecule has 0 unspecified atom stereocenters. The van der Waals surface area contributed by atoms with E-state index in [4.69, 9.17) is 4.74 Å². The van der Waals surface area contributed by atoms with Gasteiger partial charge in [-0.2, -0.15) is 0 Å². The van der Waals surface area contributed by atoms with E-state index < -0.39 is 0 Å². The Morgan fingerprint density at radius 3 is 2.40 bits per heavy atom. The van der Waals surface area contributed by atoms with Crippen LogP contribution in [0.15, 0.2) is 0 Å². The highest BCUT2D eigenvalue weighted by atomic mass is 16.5. The molecule has 2 nitrogen and oxygen atoms in total. The van der Waals surface area contributed by atoms with E-state index in [2.05, 4.69) is 26.1 Å². The van der Waals surface area contributed by atoms with E-state index in [-0.39, 0.29) is 0 Å². The van der Waals surface area contributed by atoms with Gasteiger partial charge < -0.3 is 4.74 Å². The Kier molecular flexibility index (Phi) is 4.65. The highest BCUT2D eigenvalue weighted by molar-refractivity contribution is 4.64. The number of ether oxygens (including phenoxy) is 1. The van der Waals surface area contributed by atoms with Crippen molar-refractivity contribution in [2.24, 2.45) is 5.41 Å². The summed E-state index contributed by atoms with van der Waals surface area (Å²) in [5.41, 5.74) is 0.330. The monoisotopic (exact) mass is 145 g/mol. The molecule has 0 aliphatic heterocycles. The summed E-state index contributed by atoms with van der Waals surface area (Å²) >= 11 is 0. The summed E-state index contributed by atoms with van der Waals surface area (Å²) in [5, 5.41) is 2.94. The van der Waals surface area contributed by atoms with Gasteiger partial charge in [0, 0.05) is 0 Å². The first-order valence-electron chi connectivity index (χ1n) is 3.85. The predicted molar refractivity (Wildman–Crippen MR) is 44.0 cm³/mol. The first-order valence-corrected chi connectivity index (χ1v) is 3.85. The molecule has 0 aliphatic rings. The molecule has 2 heteroatoms. The molecule has 0 aliphatic carbocycles. The van der Waals surface area contributed by atoms with Crippen molar-refractivity contribution in [2.45, 2.75) is 27.2 Å². The Balaban J connectivity index is 3.28. The maximum atomic E-state index is 5.33. The minimum Gasteiger partial charge on any atom is -0.366 e. The van der Waals surface area contributed by atoms with Crippen LogP contribution in [0.1, 0.15) is 27.2 Å². The lowest BCUT2D eigenvalue weighted by molar-refractivity contribution is 0.0523. The molecular weight excluding hydrogens is 126 g/mol. The average Bonchev–Trinajstić information content (AvgIpc) is 1.89. The van der Waals surface area contributed by atoms with Crippen molar-refractivity contribution < 1.29 is 4.74 Å². The van der Waals surface area contributed by atoms with Gasteiger partial charge >= 0.3 is 0 Å². The molecule has 0 fully saturated rings. The molecule has 0 aromatic carbocycles. The number of hydrogen-bond donors (Lipinski definition) is 1. The molecule has 0 heterocycles. The third-order valence-corrected chi connectivity index (χ3v) is 1.70. The molecule has 0 aromatic rings. The Bertz CT molecular complexity index is 81.3. The van der Waals surface area contributed by atoms with Gasteiger partial charge in [-0.25, -0.2) is 0 Å². The number of nitrogens with one attached hydrogen (secondary N) is 1. The lowest BCUT2D eigenvalue weighted by atomic mass is 9.92. The maximum absolute atomic E-state index is 5.33. The van der Waals surface area contributed by atoms with E-state index in [1.54, 1.807) is 0 Å². The molecule has 0 radical (unpaired) electrons. The topological polar surface area (TPSA) is 21.3 Å². The van der Waals surface area contributed by atoms with E-state index in [1.165, 1.54) is 0 Å². The summed E-state index contributed by atoms with van der Waals surface area (Å²) in [7, 11) is 1.89. The first-order chi connectivity index (χ1) is 4.62. The molecule has 0 atom stereocenters. The van der Waals surface area contributed by atoms with Crippen LogP contribution in [-0.4, -0.2) is 20.4 Å². The molecule has 0 spiro atoms. The highest BCUT2D eigenvalue weighted by Gasteiger charge is 2.14. The van der Waals surface area contributed by atoms with Gasteiger partial charge in [0.1, 0.15) is 0 Å². The van der Waals surface area contributed by atoms with Gasteiger partial charge in [0.05, 0.1) is 13.3 Å². The Morgan fingerprint density at radius 2 is 2.00 bits per heavy atom. The molecule has 0 amide bonds. The number of hydrogen-bond acceptors (Lipinski definition) is 2. The summed E-state index contributed by atoms with van der Waals surface area (Å²) in [5.74, 6) is 0. The Hall–Kier alpha value is -0.0800. The SMILES string of the molecule is CCC(C)(C)COCNC. The van der Waals surface area contributed by atoms with Gasteiger partial charge in [-0.05, 0) is 18.9 Å². The standard InChI is InChI=1S/C8H19NO/c1-5-8(2,3)6-10-7-9-4/h9H,5-7H2,1-4H3. The summed E-state index contributed by atoms with van der Waals surface area (Å²) in [6, 6.07) is 0. The van der Waals surface area contributed by atoms with Gasteiger partial charge in [0.2, 0.25) is 0 Å². The van der Waals surface area contributed by atoms with Crippen LogP contribution in [0.3, 0.4) is 0 Å². The van der Waals surface area contributed by atoms with Crippen LogP contribution in [0.25, 0.3) is 0 Å². The number of rotatable bonds is 5. The van der Waals surface area contributed by atoms with Crippen LogP contribution in [0.2, 0.25) is 0 Å². The van der Waals surface area contributed by atoms with Crippen molar-refractivity contribution in [3.8, 4) is 0 Å². The molecule has 0 saturated carbocycles. The lowest BCUT2D eigenvalue weighted by Gasteiger charge is -2.21.